The number of hydrogen-bond donors (Lipinski definition) is 0. The Bertz CT molecular complexity index is 304. The predicted octanol–water partition coefficient (Wildman–Crippen LogP) is 6.54. The Morgan fingerprint density at radius 1 is 0.944 bits per heavy atom. The molecule has 0 aliphatic carbocycles. The van der Waals surface area contributed by atoms with E-state index < -0.39 is 0 Å². The molecule has 2 heteroatoms. The van der Waals surface area contributed by atoms with Gasteiger partial charge in [0.25, 0.3) is 0 Å². The summed E-state index contributed by atoms with van der Waals surface area (Å²) in [4.78, 5) is 0. The molecule has 0 aliphatic rings. The molecule has 0 saturated carbocycles. The Balaban J connectivity index is 0.000000321. The Morgan fingerprint density at radius 2 is 1.44 bits per heavy atom. The topological polar surface area (TPSA) is 0 Å². The van der Waals surface area contributed by atoms with Crippen LogP contribution in [0.4, 0.5) is 4.39 Å². The van der Waals surface area contributed by atoms with Crippen LogP contribution in [0.3, 0.4) is 0 Å². The molecule has 0 spiro atoms. The fourth-order valence-corrected chi connectivity index (χ4v) is 1.87. The summed E-state index contributed by atoms with van der Waals surface area (Å²) in [7, 11) is 0. The average molecular weight is 273 g/mol. The number of hydrogen-bond acceptors (Lipinski definition) is 0. The molecule has 1 aromatic rings. The van der Waals surface area contributed by atoms with Crippen LogP contribution in [0.1, 0.15) is 64.4 Å². The van der Waals surface area contributed by atoms with Crippen LogP contribution in [0.5, 0.6) is 0 Å². The molecule has 0 radical (unpaired) electrons. The van der Waals surface area contributed by atoms with E-state index in [0.29, 0.717) is 0 Å². The van der Waals surface area contributed by atoms with Crippen molar-refractivity contribution in [1.29, 1.82) is 0 Å². The zero-order valence-electron chi connectivity index (χ0n) is 11.9. The van der Waals surface area contributed by atoms with Gasteiger partial charge in [0.05, 0.1) is 5.02 Å². The lowest BCUT2D eigenvalue weighted by Gasteiger charge is -1.96. The lowest BCUT2D eigenvalue weighted by Crippen LogP contribution is -1.76. The summed E-state index contributed by atoms with van der Waals surface area (Å²) in [6.07, 6.45) is 9.97. The van der Waals surface area contributed by atoms with E-state index in [1.54, 1.807) is 12.1 Å². The van der Waals surface area contributed by atoms with E-state index in [0.717, 1.165) is 5.56 Å². The normalized spacial score (nSPS) is 9.83. The summed E-state index contributed by atoms with van der Waals surface area (Å²) in [6.45, 7) is 6.39. The number of unbranched alkanes of at least 4 members (excludes halogenated alkanes) is 6. The minimum Gasteiger partial charge on any atom is -0.205 e. The molecule has 0 N–H and O–H groups in total. The van der Waals surface area contributed by atoms with Crippen molar-refractivity contribution in [3.8, 4) is 0 Å². The molecule has 0 nitrogen and oxygen atoms in total. The zero-order valence-corrected chi connectivity index (χ0v) is 12.7. The van der Waals surface area contributed by atoms with Crippen molar-refractivity contribution in [2.24, 2.45) is 0 Å². The van der Waals surface area contributed by atoms with Gasteiger partial charge in [-0.25, -0.2) is 4.39 Å². The number of aryl methyl sites for hydroxylation is 1. The van der Waals surface area contributed by atoms with Gasteiger partial charge in [0, 0.05) is 0 Å². The second kappa shape index (κ2) is 11.5. The molecule has 1 aromatic carbocycles. The SMILES string of the molecule is CCCCCCCCC.Cc1ccc(F)c(Cl)c1. The number of halogens is 2. The molecule has 0 aromatic heterocycles. The van der Waals surface area contributed by atoms with Crippen molar-refractivity contribution in [3.63, 3.8) is 0 Å². The largest absolute Gasteiger partial charge is 0.205 e. The highest BCUT2D eigenvalue weighted by Crippen LogP contribution is 2.14. The lowest BCUT2D eigenvalue weighted by molar-refractivity contribution is 0.602. The van der Waals surface area contributed by atoms with Crippen molar-refractivity contribution in [3.05, 3.63) is 34.6 Å². The average Bonchev–Trinajstić information content (AvgIpc) is 2.35. The zero-order chi connectivity index (χ0) is 13.8. The van der Waals surface area contributed by atoms with E-state index in [1.807, 2.05) is 6.92 Å². The van der Waals surface area contributed by atoms with Crippen molar-refractivity contribution in [2.45, 2.75) is 65.7 Å². The number of rotatable bonds is 6. The first-order valence-electron chi connectivity index (χ1n) is 7.03. The van der Waals surface area contributed by atoms with Gasteiger partial charge >= 0.3 is 0 Å². The fraction of sp³-hybridized carbons (Fsp3) is 0.625. The van der Waals surface area contributed by atoms with Crippen LogP contribution >= 0.6 is 11.6 Å². The molecule has 0 atom stereocenters. The van der Waals surface area contributed by atoms with E-state index in [1.165, 1.54) is 51.0 Å². The standard InChI is InChI=1S/C9H20.C7H6ClF/c1-3-5-7-9-8-6-4-2;1-5-2-3-7(9)6(8)4-5/h3-9H2,1-2H3;2-4H,1H3. The quantitative estimate of drug-likeness (QED) is 0.516. The fourth-order valence-electron chi connectivity index (χ4n) is 1.63. The summed E-state index contributed by atoms with van der Waals surface area (Å²) < 4.78 is 12.4. The molecule has 1 rings (SSSR count). The van der Waals surface area contributed by atoms with Gasteiger partial charge in [0.15, 0.2) is 0 Å². The summed E-state index contributed by atoms with van der Waals surface area (Å²) >= 11 is 5.44. The molecule has 0 heterocycles. The third kappa shape index (κ3) is 9.47. The molecular weight excluding hydrogens is 247 g/mol. The van der Waals surface area contributed by atoms with Crippen LogP contribution in [0.2, 0.25) is 5.02 Å². The first kappa shape index (κ1) is 17.4. The first-order valence-corrected chi connectivity index (χ1v) is 7.41. The van der Waals surface area contributed by atoms with Crippen LogP contribution in [0, 0.1) is 12.7 Å². The molecular formula is C16H26ClF. The highest BCUT2D eigenvalue weighted by molar-refractivity contribution is 6.30. The number of benzene rings is 1. The van der Waals surface area contributed by atoms with Crippen LogP contribution in [-0.4, -0.2) is 0 Å². The van der Waals surface area contributed by atoms with Gasteiger partial charge in [-0.3, -0.25) is 0 Å². The van der Waals surface area contributed by atoms with Crippen molar-refractivity contribution in [2.75, 3.05) is 0 Å². The van der Waals surface area contributed by atoms with Gasteiger partial charge in [0.2, 0.25) is 0 Å². The minimum atomic E-state index is -0.359. The van der Waals surface area contributed by atoms with Crippen molar-refractivity contribution < 1.29 is 4.39 Å². The smallest absolute Gasteiger partial charge is 0.141 e. The second-order valence-corrected chi connectivity index (χ2v) is 5.09. The summed E-state index contributed by atoms with van der Waals surface area (Å²) in [5.74, 6) is -0.359. The predicted molar refractivity (Wildman–Crippen MR) is 79.8 cm³/mol. The maximum atomic E-state index is 12.4. The van der Waals surface area contributed by atoms with Crippen LogP contribution in [0.25, 0.3) is 0 Å². The Morgan fingerprint density at radius 3 is 1.83 bits per heavy atom. The highest BCUT2D eigenvalue weighted by Gasteiger charge is 1.95. The molecule has 0 fully saturated rings. The summed E-state index contributed by atoms with van der Waals surface area (Å²) in [5.41, 5.74) is 0.974. The molecule has 0 amide bonds. The van der Waals surface area contributed by atoms with E-state index >= 15 is 0 Å². The Hall–Kier alpha value is -0.560. The second-order valence-electron chi connectivity index (χ2n) is 4.69. The van der Waals surface area contributed by atoms with E-state index in [4.69, 9.17) is 11.6 Å². The summed E-state index contributed by atoms with van der Waals surface area (Å²) in [5, 5.41) is 0.190. The van der Waals surface area contributed by atoms with Crippen molar-refractivity contribution >= 4 is 11.6 Å². The third-order valence-corrected chi connectivity index (χ3v) is 3.07. The van der Waals surface area contributed by atoms with Crippen LogP contribution in [0.15, 0.2) is 18.2 Å². The molecule has 0 saturated heterocycles. The molecule has 0 aliphatic heterocycles. The molecule has 0 unspecified atom stereocenters. The van der Waals surface area contributed by atoms with Gasteiger partial charge < -0.3 is 0 Å². The van der Waals surface area contributed by atoms with Gasteiger partial charge in [-0.2, -0.15) is 0 Å². The van der Waals surface area contributed by atoms with E-state index in [2.05, 4.69) is 13.8 Å². The lowest BCUT2D eigenvalue weighted by atomic mass is 10.1. The van der Waals surface area contributed by atoms with Crippen molar-refractivity contribution in [1.82, 2.24) is 0 Å². The van der Waals surface area contributed by atoms with Crippen LogP contribution < -0.4 is 0 Å². The van der Waals surface area contributed by atoms with Gasteiger partial charge in [-0.05, 0) is 24.6 Å². The third-order valence-electron chi connectivity index (χ3n) is 2.78. The summed E-state index contributed by atoms with van der Waals surface area (Å²) in [6, 6.07) is 4.63. The van der Waals surface area contributed by atoms with Gasteiger partial charge in [-0.1, -0.05) is 76.5 Å². The maximum absolute atomic E-state index is 12.4. The van der Waals surface area contributed by atoms with Gasteiger partial charge in [0.1, 0.15) is 5.82 Å². The van der Waals surface area contributed by atoms with Gasteiger partial charge in [-0.15, -0.1) is 0 Å². The monoisotopic (exact) mass is 272 g/mol. The van der Waals surface area contributed by atoms with E-state index in [9.17, 15) is 4.39 Å². The Labute approximate surface area is 117 Å². The highest BCUT2D eigenvalue weighted by atomic mass is 35.5. The Kier molecular flexibility index (Phi) is 11.2. The first-order chi connectivity index (χ1) is 8.61. The molecule has 18 heavy (non-hydrogen) atoms. The molecule has 0 bridgehead atoms. The molecule has 104 valence electrons. The van der Waals surface area contributed by atoms with E-state index in [-0.39, 0.29) is 10.8 Å². The van der Waals surface area contributed by atoms with Crippen LogP contribution in [-0.2, 0) is 0 Å². The maximum Gasteiger partial charge on any atom is 0.141 e. The minimum absolute atomic E-state index is 0.190.